The van der Waals surface area contributed by atoms with E-state index in [1.807, 2.05) is 13.8 Å². The summed E-state index contributed by atoms with van der Waals surface area (Å²) in [6.07, 6.45) is 3.51. The molecule has 5 heteroatoms. The molecule has 1 fully saturated rings. The first-order valence-electron chi connectivity index (χ1n) is 6.37. The van der Waals surface area contributed by atoms with Crippen molar-refractivity contribution in [2.45, 2.75) is 51.6 Å². The van der Waals surface area contributed by atoms with E-state index < -0.39 is 12.5 Å². The number of carbonyl (C=O) groups excluding carboxylic acids is 1. The largest absolute Gasteiger partial charge is 0.466 e. The van der Waals surface area contributed by atoms with E-state index >= 15 is 0 Å². The lowest BCUT2D eigenvalue weighted by Crippen LogP contribution is -2.34. The SMILES string of the molecule is CCOC(=O)CC1(C)CCCCP1(=O)OCC. The molecule has 2 atom stereocenters. The predicted molar refractivity (Wildman–Crippen MR) is 67.6 cm³/mol. The molecule has 0 radical (unpaired) electrons. The highest BCUT2D eigenvalue weighted by Crippen LogP contribution is 2.65. The Morgan fingerprint density at radius 1 is 1.29 bits per heavy atom. The van der Waals surface area contributed by atoms with Crippen molar-refractivity contribution in [3.8, 4) is 0 Å². The Bertz CT molecular complexity index is 310. The van der Waals surface area contributed by atoms with Crippen LogP contribution in [0.15, 0.2) is 0 Å². The first-order chi connectivity index (χ1) is 7.97. The van der Waals surface area contributed by atoms with Crippen molar-refractivity contribution in [1.82, 2.24) is 0 Å². The molecular weight excluding hydrogens is 239 g/mol. The third kappa shape index (κ3) is 3.32. The van der Waals surface area contributed by atoms with Gasteiger partial charge in [0.2, 0.25) is 7.37 Å². The van der Waals surface area contributed by atoms with E-state index in [0.717, 1.165) is 19.3 Å². The zero-order valence-electron chi connectivity index (χ0n) is 11.0. The summed E-state index contributed by atoms with van der Waals surface area (Å²) in [6, 6.07) is 0. The summed E-state index contributed by atoms with van der Waals surface area (Å²) >= 11 is 0. The van der Waals surface area contributed by atoms with Crippen LogP contribution >= 0.6 is 7.37 Å². The number of esters is 1. The molecule has 100 valence electrons. The van der Waals surface area contributed by atoms with Crippen LogP contribution in [0.1, 0.15) is 46.5 Å². The molecule has 0 aromatic heterocycles. The lowest BCUT2D eigenvalue weighted by atomic mass is 9.99. The molecule has 0 aliphatic carbocycles. The van der Waals surface area contributed by atoms with Crippen molar-refractivity contribution in [2.75, 3.05) is 19.4 Å². The summed E-state index contributed by atoms with van der Waals surface area (Å²) in [5, 5.41) is -0.534. The Kier molecular flexibility index (Phi) is 5.21. The fourth-order valence-corrected chi connectivity index (χ4v) is 5.33. The van der Waals surface area contributed by atoms with Gasteiger partial charge in [-0.05, 0) is 33.6 Å². The Morgan fingerprint density at radius 2 is 2.00 bits per heavy atom. The molecule has 4 nitrogen and oxygen atoms in total. The van der Waals surface area contributed by atoms with Crippen LogP contribution in [0.25, 0.3) is 0 Å². The van der Waals surface area contributed by atoms with Crippen molar-refractivity contribution in [1.29, 1.82) is 0 Å². The van der Waals surface area contributed by atoms with E-state index in [2.05, 4.69) is 0 Å². The topological polar surface area (TPSA) is 52.6 Å². The quantitative estimate of drug-likeness (QED) is 0.564. The molecule has 0 aromatic rings. The molecule has 17 heavy (non-hydrogen) atoms. The highest BCUT2D eigenvalue weighted by Gasteiger charge is 2.48. The minimum absolute atomic E-state index is 0.206. The van der Waals surface area contributed by atoms with Gasteiger partial charge >= 0.3 is 5.97 Å². The second-order valence-electron chi connectivity index (χ2n) is 4.75. The highest BCUT2D eigenvalue weighted by molar-refractivity contribution is 7.60. The summed E-state index contributed by atoms with van der Waals surface area (Å²) in [5.74, 6) is -0.267. The molecule has 1 aliphatic rings. The third-order valence-corrected chi connectivity index (χ3v) is 7.02. The molecule has 1 heterocycles. The van der Waals surface area contributed by atoms with Gasteiger partial charge in [-0.3, -0.25) is 9.36 Å². The maximum Gasteiger partial charge on any atom is 0.306 e. The average molecular weight is 262 g/mol. The van der Waals surface area contributed by atoms with E-state index in [9.17, 15) is 9.36 Å². The number of rotatable bonds is 5. The van der Waals surface area contributed by atoms with Gasteiger partial charge in [-0.2, -0.15) is 0 Å². The molecule has 2 unspecified atom stereocenters. The van der Waals surface area contributed by atoms with Gasteiger partial charge in [-0.25, -0.2) is 0 Å². The first-order valence-corrected chi connectivity index (χ1v) is 8.18. The van der Waals surface area contributed by atoms with Crippen molar-refractivity contribution in [2.24, 2.45) is 0 Å². The number of hydrogen-bond acceptors (Lipinski definition) is 4. The predicted octanol–water partition coefficient (Wildman–Crippen LogP) is 3.20. The van der Waals surface area contributed by atoms with E-state index in [0.29, 0.717) is 19.4 Å². The second-order valence-corrected chi connectivity index (χ2v) is 7.88. The lowest BCUT2D eigenvalue weighted by molar-refractivity contribution is -0.143. The van der Waals surface area contributed by atoms with Crippen LogP contribution in [0.4, 0.5) is 0 Å². The van der Waals surface area contributed by atoms with Crippen LogP contribution < -0.4 is 0 Å². The Balaban J connectivity index is 2.81. The average Bonchev–Trinajstić information content (AvgIpc) is 2.23. The van der Waals surface area contributed by atoms with Crippen LogP contribution in [0.5, 0.6) is 0 Å². The summed E-state index contributed by atoms with van der Waals surface area (Å²) in [6.45, 7) is 6.34. The zero-order valence-corrected chi connectivity index (χ0v) is 11.9. The minimum Gasteiger partial charge on any atom is -0.466 e. The van der Waals surface area contributed by atoms with Gasteiger partial charge in [0.1, 0.15) is 0 Å². The summed E-state index contributed by atoms with van der Waals surface area (Å²) in [4.78, 5) is 11.6. The molecule has 0 spiro atoms. The van der Waals surface area contributed by atoms with Gasteiger partial charge in [0.05, 0.1) is 24.8 Å². The molecule has 0 amide bonds. The van der Waals surface area contributed by atoms with Crippen LogP contribution in [-0.2, 0) is 18.6 Å². The number of carbonyl (C=O) groups is 1. The maximum atomic E-state index is 12.8. The Morgan fingerprint density at radius 3 is 2.59 bits per heavy atom. The van der Waals surface area contributed by atoms with Crippen molar-refractivity contribution >= 4 is 13.3 Å². The summed E-state index contributed by atoms with van der Waals surface area (Å²) in [7, 11) is -2.71. The van der Waals surface area contributed by atoms with Crippen LogP contribution in [0.2, 0.25) is 0 Å². The van der Waals surface area contributed by atoms with E-state index in [-0.39, 0.29) is 12.4 Å². The van der Waals surface area contributed by atoms with Crippen LogP contribution in [-0.4, -0.2) is 30.5 Å². The minimum atomic E-state index is -2.71. The molecule has 0 bridgehead atoms. The van der Waals surface area contributed by atoms with Crippen molar-refractivity contribution in [3.63, 3.8) is 0 Å². The smallest absolute Gasteiger partial charge is 0.306 e. The fraction of sp³-hybridized carbons (Fsp3) is 0.917. The van der Waals surface area contributed by atoms with Crippen LogP contribution in [0, 0.1) is 0 Å². The third-order valence-electron chi connectivity index (χ3n) is 3.41. The number of hydrogen-bond donors (Lipinski definition) is 0. The van der Waals surface area contributed by atoms with E-state index in [4.69, 9.17) is 9.26 Å². The molecule has 0 saturated carbocycles. The van der Waals surface area contributed by atoms with E-state index in [1.54, 1.807) is 6.92 Å². The molecule has 0 aromatic carbocycles. The molecule has 1 aliphatic heterocycles. The standard InChI is InChI=1S/C12H23O4P/c1-4-15-11(13)10-12(3)8-6-7-9-17(12,14)16-5-2/h4-10H2,1-3H3. The van der Waals surface area contributed by atoms with E-state index in [1.165, 1.54) is 0 Å². The number of ether oxygens (including phenoxy) is 1. The van der Waals surface area contributed by atoms with Crippen molar-refractivity contribution < 1.29 is 18.6 Å². The monoisotopic (exact) mass is 262 g/mol. The first kappa shape index (κ1) is 14.7. The molecule has 1 rings (SSSR count). The summed E-state index contributed by atoms with van der Waals surface area (Å²) < 4.78 is 23.3. The maximum absolute atomic E-state index is 12.8. The Hall–Kier alpha value is -0.340. The van der Waals surface area contributed by atoms with Crippen LogP contribution in [0.3, 0.4) is 0 Å². The molecular formula is C12H23O4P. The van der Waals surface area contributed by atoms with Gasteiger partial charge < -0.3 is 9.26 Å². The normalized spacial score (nSPS) is 33.4. The second kappa shape index (κ2) is 6.01. The van der Waals surface area contributed by atoms with Gasteiger partial charge in [0.15, 0.2) is 0 Å². The lowest BCUT2D eigenvalue weighted by Gasteiger charge is -2.39. The van der Waals surface area contributed by atoms with Gasteiger partial charge in [-0.1, -0.05) is 6.42 Å². The van der Waals surface area contributed by atoms with Gasteiger partial charge in [-0.15, -0.1) is 0 Å². The zero-order chi connectivity index (χ0) is 12.9. The fourth-order valence-electron chi connectivity index (χ4n) is 2.43. The van der Waals surface area contributed by atoms with Gasteiger partial charge in [0.25, 0.3) is 0 Å². The Labute approximate surface area is 104 Å². The molecule has 0 N–H and O–H groups in total. The summed E-state index contributed by atoms with van der Waals surface area (Å²) in [5.41, 5.74) is 0. The van der Waals surface area contributed by atoms with Gasteiger partial charge in [0, 0.05) is 6.16 Å². The molecule has 1 saturated heterocycles. The van der Waals surface area contributed by atoms with Crippen molar-refractivity contribution in [3.05, 3.63) is 0 Å². The highest BCUT2D eigenvalue weighted by atomic mass is 31.2.